The molecule has 3 heterocycles. The van der Waals surface area contributed by atoms with Crippen LogP contribution < -0.4 is 5.32 Å². The molecule has 2 amide bonds. The summed E-state index contributed by atoms with van der Waals surface area (Å²) in [7, 11) is 0. The van der Waals surface area contributed by atoms with E-state index in [0.29, 0.717) is 37.0 Å². The molecule has 2 saturated heterocycles. The maximum Gasteiger partial charge on any atom is 0.257 e. The van der Waals surface area contributed by atoms with Crippen molar-refractivity contribution in [2.24, 2.45) is 5.92 Å². The van der Waals surface area contributed by atoms with Crippen molar-refractivity contribution < 1.29 is 18.7 Å². The topological polar surface area (TPSA) is 74.8 Å². The highest BCUT2D eigenvalue weighted by Gasteiger charge is 2.33. The van der Waals surface area contributed by atoms with Crippen LogP contribution in [0.1, 0.15) is 40.5 Å². The number of aromatic nitrogens is 1. The summed E-state index contributed by atoms with van der Waals surface area (Å²) in [6.07, 6.45) is 2.15. The first-order chi connectivity index (χ1) is 16.2. The Morgan fingerprint density at radius 1 is 1.26 bits per heavy atom. The molecule has 0 radical (unpaired) electrons. The van der Waals surface area contributed by atoms with Crippen LogP contribution >= 0.6 is 11.6 Å². The number of benzene rings is 1. The Hall–Kier alpha value is -2.55. The van der Waals surface area contributed by atoms with Gasteiger partial charge in [-0.05, 0) is 56.5 Å². The number of nitrogens with zero attached hydrogens (tertiary/aromatic N) is 3. The van der Waals surface area contributed by atoms with Gasteiger partial charge in [0.2, 0.25) is 5.91 Å². The number of aryl methyl sites for hydroxylation is 1. The lowest BCUT2D eigenvalue weighted by atomic mass is 10.0. The molecular weight excluding hydrogens is 459 g/mol. The normalized spacial score (nSPS) is 21.0. The first-order valence-corrected chi connectivity index (χ1v) is 11.9. The molecule has 0 bridgehead atoms. The van der Waals surface area contributed by atoms with E-state index in [0.717, 1.165) is 30.6 Å². The zero-order valence-electron chi connectivity index (χ0n) is 19.7. The van der Waals surface area contributed by atoms with Gasteiger partial charge in [0.1, 0.15) is 5.82 Å². The lowest BCUT2D eigenvalue weighted by Crippen LogP contribution is -2.55. The van der Waals surface area contributed by atoms with Gasteiger partial charge in [0.25, 0.3) is 5.91 Å². The molecule has 2 fully saturated rings. The minimum absolute atomic E-state index is 0.0208. The fourth-order valence-electron chi connectivity index (χ4n) is 4.56. The molecule has 1 aromatic carbocycles. The third-order valence-corrected chi connectivity index (χ3v) is 6.90. The van der Waals surface area contributed by atoms with Crippen LogP contribution in [0.25, 0.3) is 0 Å². The first-order valence-electron chi connectivity index (χ1n) is 11.6. The molecule has 1 N–H and O–H groups in total. The van der Waals surface area contributed by atoms with Crippen molar-refractivity contribution >= 4 is 29.1 Å². The molecule has 2 aromatic rings. The summed E-state index contributed by atoms with van der Waals surface area (Å²) in [5.41, 5.74) is 2.85. The molecule has 2 aliphatic rings. The van der Waals surface area contributed by atoms with Crippen LogP contribution in [-0.2, 0) is 16.1 Å². The van der Waals surface area contributed by atoms with Gasteiger partial charge < -0.3 is 15.0 Å². The standard InChI is InChI=1S/C25H30ClFN4O3/c1-15-12-30(5-6-31(15)25(33)18-4-7-34-14-18)13-20-8-21(26)10-23(16(20)2)29-24(32)19-9-22(27)17(3)28-11-19/h8-11,15,18H,4-7,12-14H2,1-3H3,(H,29,32)/t15-,18?/m0/s1. The molecule has 1 unspecified atom stereocenters. The van der Waals surface area contributed by atoms with E-state index in [-0.39, 0.29) is 29.1 Å². The van der Waals surface area contributed by atoms with Crippen LogP contribution in [0.2, 0.25) is 5.02 Å². The monoisotopic (exact) mass is 488 g/mol. The summed E-state index contributed by atoms with van der Waals surface area (Å²) in [5, 5.41) is 3.35. The third-order valence-electron chi connectivity index (χ3n) is 6.68. The average Bonchev–Trinajstić information content (AvgIpc) is 3.33. The van der Waals surface area contributed by atoms with Gasteiger partial charge in [-0.2, -0.15) is 0 Å². The van der Waals surface area contributed by atoms with Crippen LogP contribution in [0.5, 0.6) is 0 Å². The predicted molar refractivity (Wildman–Crippen MR) is 128 cm³/mol. The Morgan fingerprint density at radius 3 is 2.74 bits per heavy atom. The number of ether oxygens (including phenoxy) is 1. The van der Waals surface area contributed by atoms with Gasteiger partial charge in [-0.1, -0.05) is 11.6 Å². The van der Waals surface area contributed by atoms with Gasteiger partial charge in [-0.3, -0.25) is 19.5 Å². The molecule has 0 spiro atoms. The first kappa shape index (κ1) is 24.6. The number of carbonyl (C=O) groups is 2. The highest BCUT2D eigenvalue weighted by molar-refractivity contribution is 6.31. The summed E-state index contributed by atoms with van der Waals surface area (Å²) < 4.78 is 19.2. The Bertz CT molecular complexity index is 1090. The quantitative estimate of drug-likeness (QED) is 0.692. The molecule has 7 nitrogen and oxygen atoms in total. The van der Waals surface area contributed by atoms with E-state index in [9.17, 15) is 14.0 Å². The highest BCUT2D eigenvalue weighted by atomic mass is 35.5. The second kappa shape index (κ2) is 10.4. The number of halogens is 2. The van der Waals surface area contributed by atoms with Gasteiger partial charge in [0.05, 0.1) is 23.8 Å². The molecule has 9 heteroatoms. The highest BCUT2D eigenvalue weighted by Crippen LogP contribution is 2.28. The zero-order valence-corrected chi connectivity index (χ0v) is 20.5. The van der Waals surface area contributed by atoms with E-state index < -0.39 is 11.7 Å². The Kier molecular flexibility index (Phi) is 7.50. The predicted octanol–water partition coefficient (Wildman–Crippen LogP) is 3.81. The summed E-state index contributed by atoms with van der Waals surface area (Å²) in [6.45, 7) is 9.56. The molecule has 4 rings (SSSR count). The largest absolute Gasteiger partial charge is 0.381 e. The van der Waals surface area contributed by atoms with Gasteiger partial charge >= 0.3 is 0 Å². The minimum atomic E-state index is -0.525. The van der Waals surface area contributed by atoms with E-state index in [2.05, 4.69) is 22.1 Å². The smallest absolute Gasteiger partial charge is 0.257 e. The van der Waals surface area contributed by atoms with Gasteiger partial charge in [-0.15, -0.1) is 0 Å². The van der Waals surface area contributed by atoms with E-state index in [1.165, 1.54) is 12.3 Å². The molecule has 182 valence electrons. The van der Waals surface area contributed by atoms with Crippen molar-refractivity contribution in [3.63, 3.8) is 0 Å². The minimum Gasteiger partial charge on any atom is -0.381 e. The van der Waals surface area contributed by atoms with E-state index in [1.807, 2.05) is 17.9 Å². The van der Waals surface area contributed by atoms with Crippen LogP contribution in [0.3, 0.4) is 0 Å². The molecule has 1 aromatic heterocycles. The lowest BCUT2D eigenvalue weighted by Gasteiger charge is -2.41. The average molecular weight is 489 g/mol. The fourth-order valence-corrected chi connectivity index (χ4v) is 4.80. The number of anilines is 1. The van der Waals surface area contributed by atoms with Crippen LogP contribution in [0.15, 0.2) is 24.4 Å². The number of nitrogens with one attached hydrogen (secondary N) is 1. The number of amides is 2. The van der Waals surface area contributed by atoms with Crippen LogP contribution in [-0.4, -0.2) is 65.5 Å². The van der Waals surface area contributed by atoms with Crippen molar-refractivity contribution in [1.29, 1.82) is 0 Å². The van der Waals surface area contributed by atoms with Crippen molar-refractivity contribution in [3.05, 3.63) is 57.6 Å². The lowest BCUT2D eigenvalue weighted by molar-refractivity contribution is -0.140. The van der Waals surface area contributed by atoms with Crippen molar-refractivity contribution in [2.75, 3.05) is 38.2 Å². The van der Waals surface area contributed by atoms with Gasteiger partial charge in [0.15, 0.2) is 0 Å². The number of pyridine rings is 1. The Balaban J connectivity index is 1.43. The second-order valence-electron chi connectivity index (χ2n) is 9.16. The summed E-state index contributed by atoms with van der Waals surface area (Å²) in [4.78, 5) is 33.7. The molecular formula is C25H30ClFN4O3. The number of piperazine rings is 1. The number of carbonyl (C=O) groups excluding carboxylic acids is 2. The van der Waals surface area contributed by atoms with Gasteiger partial charge in [-0.25, -0.2) is 4.39 Å². The second-order valence-corrected chi connectivity index (χ2v) is 9.60. The Morgan fingerprint density at radius 2 is 2.06 bits per heavy atom. The molecule has 0 saturated carbocycles. The van der Waals surface area contributed by atoms with E-state index >= 15 is 0 Å². The summed E-state index contributed by atoms with van der Waals surface area (Å²) >= 11 is 6.37. The summed E-state index contributed by atoms with van der Waals surface area (Å²) in [6, 6.07) is 4.87. The van der Waals surface area contributed by atoms with Gasteiger partial charge in [0, 0.05) is 55.7 Å². The number of rotatable bonds is 5. The van der Waals surface area contributed by atoms with Crippen molar-refractivity contribution in [2.45, 2.75) is 39.8 Å². The van der Waals surface area contributed by atoms with Crippen molar-refractivity contribution in [3.8, 4) is 0 Å². The van der Waals surface area contributed by atoms with E-state index in [1.54, 1.807) is 13.0 Å². The maximum absolute atomic E-state index is 13.8. The summed E-state index contributed by atoms with van der Waals surface area (Å²) in [5.74, 6) is -0.800. The number of hydrogen-bond acceptors (Lipinski definition) is 5. The SMILES string of the molecule is Cc1ncc(C(=O)Nc2cc(Cl)cc(CN3CCN(C(=O)C4CCOC4)[C@@H](C)C3)c2C)cc1F. The third kappa shape index (κ3) is 5.40. The maximum atomic E-state index is 13.8. The van der Waals surface area contributed by atoms with E-state index in [4.69, 9.17) is 16.3 Å². The molecule has 34 heavy (non-hydrogen) atoms. The zero-order chi connectivity index (χ0) is 24.4. The molecule has 2 aliphatic heterocycles. The fraction of sp³-hybridized carbons (Fsp3) is 0.480. The molecule has 2 atom stereocenters. The van der Waals surface area contributed by atoms with Crippen molar-refractivity contribution in [1.82, 2.24) is 14.8 Å². The Labute approximate surface area is 204 Å². The molecule has 0 aliphatic carbocycles. The number of hydrogen-bond donors (Lipinski definition) is 1. The van der Waals surface area contributed by atoms with Crippen LogP contribution in [0.4, 0.5) is 10.1 Å². The van der Waals surface area contributed by atoms with Crippen LogP contribution in [0, 0.1) is 25.6 Å².